The maximum atomic E-state index is 12.1. The van der Waals surface area contributed by atoms with Crippen LogP contribution in [0.2, 0.25) is 0 Å². The first-order chi connectivity index (χ1) is 4.93. The molecule has 1 aliphatic rings. The fourth-order valence-corrected chi connectivity index (χ4v) is 2.00. The molecule has 3 atom stereocenters. The second-order valence-electron chi connectivity index (χ2n) is 2.70. The predicted octanol–water partition coefficient (Wildman–Crippen LogP) is 2.62. The molecule has 0 amide bonds. The molecule has 0 bridgehead atoms. The van der Waals surface area contributed by atoms with Gasteiger partial charge in [-0.3, -0.25) is 4.76 Å². The Morgan fingerprint density at radius 3 is 2.09 bits per heavy atom. The van der Waals surface area contributed by atoms with Gasteiger partial charge in [0, 0.05) is 20.3 Å². The zero-order chi connectivity index (χ0) is 8.65. The Morgan fingerprint density at radius 1 is 1.36 bits per heavy atom. The monoisotopic (exact) mass is 183 g/mol. The van der Waals surface area contributed by atoms with Gasteiger partial charge in [0.1, 0.15) is 5.71 Å². The van der Waals surface area contributed by atoms with Gasteiger partial charge >= 0.3 is 6.18 Å². The van der Waals surface area contributed by atoms with Crippen LogP contribution in [-0.4, -0.2) is 17.5 Å². The number of hydrogen-bond acceptors (Lipinski definition) is 1. The average Bonchev–Trinajstić information content (AvgIpc) is 2.11. The summed E-state index contributed by atoms with van der Waals surface area (Å²) >= 11 is 0. The van der Waals surface area contributed by atoms with Crippen LogP contribution in [0, 0.1) is 5.92 Å². The van der Waals surface area contributed by atoms with Crippen molar-refractivity contribution in [3.8, 4) is 0 Å². The van der Waals surface area contributed by atoms with Crippen LogP contribution in [0.1, 0.15) is 13.8 Å². The van der Waals surface area contributed by atoms with Crippen molar-refractivity contribution in [1.82, 2.24) is 0 Å². The molecule has 0 saturated carbocycles. The Morgan fingerprint density at radius 2 is 1.91 bits per heavy atom. The molecule has 0 saturated heterocycles. The summed E-state index contributed by atoms with van der Waals surface area (Å²) in [6.07, 6.45) is -4.21. The normalized spacial score (nSPS) is 34.5. The molecule has 3 unspecified atom stereocenters. The molecule has 1 heterocycles. The molecule has 11 heavy (non-hydrogen) atoms. The lowest BCUT2D eigenvalue weighted by atomic mass is 10.0. The number of halogens is 3. The topological polar surface area (TPSA) is 12.4 Å². The lowest BCUT2D eigenvalue weighted by Crippen LogP contribution is -2.29. The summed E-state index contributed by atoms with van der Waals surface area (Å²) in [5.74, 6) is -0.423. The van der Waals surface area contributed by atoms with E-state index in [0.29, 0.717) is 0 Å². The molecular formula is C6H9F3NP. The van der Waals surface area contributed by atoms with Gasteiger partial charge in [0.15, 0.2) is 0 Å². The number of rotatable bonds is 0. The van der Waals surface area contributed by atoms with Crippen molar-refractivity contribution in [2.45, 2.75) is 25.7 Å². The van der Waals surface area contributed by atoms with Crippen LogP contribution in [0.3, 0.4) is 0 Å². The van der Waals surface area contributed by atoms with Crippen molar-refractivity contribution in [2.24, 2.45) is 10.7 Å². The highest BCUT2D eigenvalue weighted by Crippen LogP contribution is 2.40. The zero-order valence-corrected chi connectivity index (χ0v) is 7.24. The van der Waals surface area contributed by atoms with E-state index in [1.807, 2.05) is 0 Å². The summed E-state index contributed by atoms with van der Waals surface area (Å²) in [4.78, 5) is 0. The zero-order valence-electron chi connectivity index (χ0n) is 6.24. The molecule has 0 fully saturated rings. The van der Waals surface area contributed by atoms with E-state index in [4.69, 9.17) is 0 Å². The highest BCUT2D eigenvalue weighted by atomic mass is 31.1. The van der Waals surface area contributed by atoms with E-state index in [9.17, 15) is 13.2 Å². The maximum Gasteiger partial charge on any atom is 0.429 e. The lowest BCUT2D eigenvalue weighted by Gasteiger charge is -2.13. The molecule has 5 heteroatoms. The average molecular weight is 183 g/mol. The van der Waals surface area contributed by atoms with Crippen LogP contribution in [-0.2, 0) is 0 Å². The van der Waals surface area contributed by atoms with Gasteiger partial charge in [-0.25, -0.2) is 0 Å². The molecule has 1 rings (SSSR count). The van der Waals surface area contributed by atoms with E-state index in [-0.39, 0.29) is 14.4 Å². The summed E-state index contributed by atoms with van der Waals surface area (Å²) in [7, 11) is 0.0846. The van der Waals surface area contributed by atoms with Gasteiger partial charge in [0.2, 0.25) is 0 Å². The van der Waals surface area contributed by atoms with Crippen LogP contribution in [0.4, 0.5) is 13.2 Å². The third-order valence-electron chi connectivity index (χ3n) is 1.86. The van der Waals surface area contributed by atoms with E-state index in [1.54, 1.807) is 13.8 Å². The Bertz CT molecular complexity index is 187. The Balaban J connectivity index is 2.76. The fraction of sp³-hybridized carbons (Fsp3) is 0.833. The minimum absolute atomic E-state index is 0.0617. The SMILES string of the molecule is CC1PN=C(C(F)(F)F)C1C. The highest BCUT2D eigenvalue weighted by Gasteiger charge is 2.43. The molecule has 0 aromatic rings. The molecular weight excluding hydrogens is 174 g/mol. The second-order valence-corrected chi connectivity index (χ2v) is 4.09. The molecule has 1 nitrogen and oxygen atoms in total. The van der Waals surface area contributed by atoms with Crippen molar-refractivity contribution in [3.63, 3.8) is 0 Å². The second kappa shape index (κ2) is 2.74. The molecule has 0 aliphatic carbocycles. The summed E-state index contributed by atoms with van der Waals surface area (Å²) in [5, 5.41) is 0. The standard InChI is InChI=1S/C6H9F3NP/c1-3-4(2)11-10-5(3)6(7,8)9/h3-4,11H,1-2H3. The molecule has 1 aliphatic heterocycles. The van der Waals surface area contributed by atoms with Crippen LogP contribution in [0.5, 0.6) is 0 Å². The lowest BCUT2D eigenvalue weighted by molar-refractivity contribution is -0.0619. The fourth-order valence-electron chi connectivity index (χ4n) is 0.943. The van der Waals surface area contributed by atoms with E-state index in [1.165, 1.54) is 0 Å². The summed E-state index contributed by atoms with van der Waals surface area (Å²) in [6.45, 7) is 3.38. The van der Waals surface area contributed by atoms with Gasteiger partial charge < -0.3 is 0 Å². The van der Waals surface area contributed by atoms with E-state index in [2.05, 4.69) is 4.76 Å². The van der Waals surface area contributed by atoms with Gasteiger partial charge in [0.25, 0.3) is 0 Å². The smallest absolute Gasteiger partial charge is 0.264 e. The van der Waals surface area contributed by atoms with Crippen molar-refractivity contribution in [2.75, 3.05) is 0 Å². The quantitative estimate of drug-likeness (QED) is 0.512. The predicted molar refractivity (Wildman–Crippen MR) is 40.4 cm³/mol. The van der Waals surface area contributed by atoms with E-state index >= 15 is 0 Å². The minimum atomic E-state index is -4.21. The van der Waals surface area contributed by atoms with Gasteiger partial charge in [-0.1, -0.05) is 13.8 Å². The van der Waals surface area contributed by atoms with Crippen LogP contribution in [0.25, 0.3) is 0 Å². The largest absolute Gasteiger partial charge is 0.429 e. The maximum absolute atomic E-state index is 12.1. The summed E-state index contributed by atoms with van der Waals surface area (Å²) < 4.78 is 39.7. The Hall–Kier alpha value is -0.110. The van der Waals surface area contributed by atoms with Gasteiger partial charge in [-0.05, 0) is 0 Å². The Kier molecular flexibility index (Phi) is 2.24. The number of alkyl halides is 3. The number of hydrogen-bond donors (Lipinski definition) is 0. The molecule has 0 radical (unpaired) electrons. The first-order valence-electron chi connectivity index (χ1n) is 3.33. The van der Waals surface area contributed by atoms with Gasteiger partial charge in [-0.15, -0.1) is 0 Å². The molecule has 64 valence electrons. The molecule has 0 aromatic carbocycles. The first kappa shape index (κ1) is 8.98. The molecule has 0 spiro atoms. The minimum Gasteiger partial charge on any atom is -0.264 e. The third kappa shape index (κ3) is 1.73. The van der Waals surface area contributed by atoms with Crippen LogP contribution >= 0.6 is 8.73 Å². The molecule has 0 aromatic heterocycles. The highest BCUT2D eigenvalue weighted by molar-refractivity contribution is 7.38. The van der Waals surface area contributed by atoms with Crippen molar-refractivity contribution in [1.29, 1.82) is 0 Å². The number of nitrogens with zero attached hydrogens (tertiary/aromatic N) is 1. The van der Waals surface area contributed by atoms with E-state index < -0.39 is 17.8 Å². The molecule has 0 N–H and O–H groups in total. The van der Waals surface area contributed by atoms with Gasteiger partial charge in [-0.2, -0.15) is 13.2 Å². The van der Waals surface area contributed by atoms with Crippen LogP contribution < -0.4 is 0 Å². The van der Waals surface area contributed by atoms with Crippen LogP contribution in [0.15, 0.2) is 4.76 Å². The van der Waals surface area contributed by atoms with Crippen molar-refractivity contribution in [3.05, 3.63) is 0 Å². The first-order valence-corrected chi connectivity index (χ1v) is 4.35. The summed E-state index contributed by atoms with van der Waals surface area (Å²) in [6, 6.07) is 0. The van der Waals surface area contributed by atoms with Crippen molar-refractivity contribution >= 4 is 14.4 Å². The van der Waals surface area contributed by atoms with Gasteiger partial charge in [0.05, 0.1) is 0 Å². The van der Waals surface area contributed by atoms with Crippen molar-refractivity contribution < 1.29 is 13.2 Å². The Labute approximate surface area is 64.9 Å². The summed E-state index contributed by atoms with van der Waals surface area (Å²) in [5.41, 5.74) is -0.519. The van der Waals surface area contributed by atoms with E-state index in [0.717, 1.165) is 0 Å². The third-order valence-corrected chi connectivity index (χ3v) is 3.14.